The molecule has 0 aromatic heterocycles. The van der Waals surface area contributed by atoms with E-state index in [1.807, 2.05) is 54.6 Å². The molecule has 1 N–H and O–H groups in total. The number of aliphatic hydroxyl groups excluding tert-OH is 1. The van der Waals surface area contributed by atoms with Gasteiger partial charge < -0.3 is 14.6 Å². The second-order valence-corrected chi connectivity index (χ2v) is 8.62. The van der Waals surface area contributed by atoms with Crippen LogP contribution in [0.5, 0.6) is 5.75 Å². The van der Waals surface area contributed by atoms with E-state index in [2.05, 4.69) is 6.58 Å². The number of aliphatic hydroxyl groups is 1. The summed E-state index contributed by atoms with van der Waals surface area (Å²) in [5.41, 5.74) is 2.71. The maximum absolute atomic E-state index is 9.70. The Balaban J connectivity index is 1.20. The standard InChI is InChI=1S/C25H28O5/c1-17(24-16-27-25(30-29-24)14-18-7-10-21(25)13-18)19-8-11-22(12-9-19)28-23(15-26)20-5-3-2-4-6-20/h2-6,8-9,11-12,18,21,23-24,26H,1,7,10,13-16H2. The van der Waals surface area contributed by atoms with Crippen molar-refractivity contribution in [3.8, 4) is 5.75 Å². The molecule has 5 nitrogen and oxygen atoms in total. The molecule has 5 atom stereocenters. The van der Waals surface area contributed by atoms with E-state index in [-0.39, 0.29) is 12.7 Å². The van der Waals surface area contributed by atoms with E-state index < -0.39 is 11.9 Å². The van der Waals surface area contributed by atoms with Crippen LogP contribution in [0.2, 0.25) is 0 Å². The maximum Gasteiger partial charge on any atom is 0.204 e. The fourth-order valence-electron chi connectivity index (χ4n) is 5.05. The Bertz CT molecular complexity index is 870. The second-order valence-electron chi connectivity index (χ2n) is 8.62. The predicted molar refractivity (Wildman–Crippen MR) is 112 cm³/mol. The zero-order valence-electron chi connectivity index (χ0n) is 17.0. The van der Waals surface area contributed by atoms with Crippen LogP contribution >= 0.6 is 0 Å². The van der Waals surface area contributed by atoms with E-state index in [0.717, 1.165) is 23.1 Å². The van der Waals surface area contributed by atoms with Gasteiger partial charge in [0.2, 0.25) is 5.79 Å². The molecular formula is C25H28O5. The van der Waals surface area contributed by atoms with Crippen LogP contribution in [0.25, 0.3) is 5.57 Å². The van der Waals surface area contributed by atoms with E-state index in [0.29, 0.717) is 24.2 Å². The van der Waals surface area contributed by atoms with Gasteiger partial charge >= 0.3 is 0 Å². The zero-order chi connectivity index (χ0) is 20.6. The molecule has 1 saturated heterocycles. The molecule has 5 unspecified atom stereocenters. The van der Waals surface area contributed by atoms with Crippen LogP contribution in [0.15, 0.2) is 61.2 Å². The highest BCUT2D eigenvalue weighted by Gasteiger charge is 2.56. The number of hydrogen-bond donors (Lipinski definition) is 1. The lowest BCUT2D eigenvalue weighted by atomic mass is 9.93. The molecule has 2 aromatic rings. The molecule has 3 fully saturated rings. The van der Waals surface area contributed by atoms with Gasteiger partial charge in [0.05, 0.1) is 13.2 Å². The van der Waals surface area contributed by atoms with Gasteiger partial charge in [0.25, 0.3) is 0 Å². The molecule has 5 heteroatoms. The first-order chi connectivity index (χ1) is 14.7. The summed E-state index contributed by atoms with van der Waals surface area (Å²) < 4.78 is 12.2. The lowest BCUT2D eigenvalue weighted by Crippen LogP contribution is -2.48. The van der Waals surface area contributed by atoms with Gasteiger partial charge in [-0.2, -0.15) is 0 Å². The monoisotopic (exact) mass is 408 g/mol. The zero-order valence-corrected chi connectivity index (χ0v) is 17.0. The molecule has 2 bridgehead atoms. The molecule has 30 heavy (non-hydrogen) atoms. The van der Waals surface area contributed by atoms with Gasteiger partial charge in [0.1, 0.15) is 18.0 Å². The molecule has 1 heterocycles. The van der Waals surface area contributed by atoms with Crippen LogP contribution in [0.1, 0.15) is 42.9 Å². The van der Waals surface area contributed by atoms with E-state index in [1.54, 1.807) is 0 Å². The van der Waals surface area contributed by atoms with Gasteiger partial charge in [-0.3, -0.25) is 0 Å². The van der Waals surface area contributed by atoms with Gasteiger partial charge in [-0.1, -0.05) is 49.0 Å². The summed E-state index contributed by atoms with van der Waals surface area (Å²) in [6.07, 6.45) is 3.85. The number of hydrogen-bond acceptors (Lipinski definition) is 5. The summed E-state index contributed by atoms with van der Waals surface area (Å²) in [4.78, 5) is 11.6. The van der Waals surface area contributed by atoms with Crippen LogP contribution in [0, 0.1) is 11.8 Å². The van der Waals surface area contributed by atoms with Gasteiger partial charge in [-0.15, -0.1) is 0 Å². The van der Waals surface area contributed by atoms with Crippen molar-refractivity contribution in [1.82, 2.24) is 0 Å². The minimum atomic E-state index is -0.534. The Hall–Kier alpha value is -2.18. The first-order valence-electron chi connectivity index (χ1n) is 10.8. The minimum Gasteiger partial charge on any atom is -0.483 e. The molecule has 2 aromatic carbocycles. The molecule has 0 amide bonds. The summed E-state index contributed by atoms with van der Waals surface area (Å²) in [5.74, 6) is 1.32. The summed E-state index contributed by atoms with van der Waals surface area (Å²) in [6, 6.07) is 17.4. The molecule has 1 spiro atoms. The Morgan fingerprint density at radius 3 is 2.53 bits per heavy atom. The summed E-state index contributed by atoms with van der Waals surface area (Å²) in [5, 5.41) is 9.70. The van der Waals surface area contributed by atoms with E-state index >= 15 is 0 Å². The van der Waals surface area contributed by atoms with Crippen molar-refractivity contribution in [2.45, 2.75) is 43.7 Å². The number of rotatable bonds is 6. The molecule has 1 aliphatic heterocycles. The van der Waals surface area contributed by atoms with Crippen molar-refractivity contribution >= 4 is 5.57 Å². The molecule has 0 radical (unpaired) electrons. The van der Waals surface area contributed by atoms with E-state index in [1.165, 1.54) is 19.3 Å². The van der Waals surface area contributed by atoms with Gasteiger partial charge in [0, 0.05) is 12.3 Å². The Morgan fingerprint density at radius 2 is 1.93 bits per heavy atom. The Morgan fingerprint density at radius 1 is 1.13 bits per heavy atom. The third kappa shape index (κ3) is 3.67. The Kier molecular flexibility index (Phi) is 5.37. The molecule has 2 aliphatic carbocycles. The highest BCUT2D eigenvalue weighted by molar-refractivity contribution is 5.67. The second kappa shape index (κ2) is 8.16. The van der Waals surface area contributed by atoms with Crippen molar-refractivity contribution in [2.75, 3.05) is 13.2 Å². The first-order valence-corrected chi connectivity index (χ1v) is 10.8. The van der Waals surface area contributed by atoms with Crippen molar-refractivity contribution in [1.29, 1.82) is 0 Å². The van der Waals surface area contributed by atoms with Crippen LogP contribution in [0.4, 0.5) is 0 Å². The van der Waals surface area contributed by atoms with E-state index in [9.17, 15) is 5.11 Å². The van der Waals surface area contributed by atoms with Gasteiger partial charge in [-0.25, -0.2) is 9.78 Å². The highest BCUT2D eigenvalue weighted by Crippen LogP contribution is 2.54. The largest absolute Gasteiger partial charge is 0.483 e. The van der Waals surface area contributed by atoms with Crippen molar-refractivity contribution < 1.29 is 24.4 Å². The van der Waals surface area contributed by atoms with Crippen LogP contribution in [-0.4, -0.2) is 30.2 Å². The highest BCUT2D eigenvalue weighted by atomic mass is 17.2. The van der Waals surface area contributed by atoms with E-state index in [4.69, 9.17) is 19.2 Å². The average molecular weight is 408 g/mol. The predicted octanol–water partition coefficient (Wildman–Crippen LogP) is 4.68. The maximum atomic E-state index is 9.70. The molecule has 5 rings (SSSR count). The average Bonchev–Trinajstić information content (AvgIpc) is 3.40. The quantitative estimate of drug-likeness (QED) is 0.704. The van der Waals surface area contributed by atoms with Gasteiger partial charge in [0.15, 0.2) is 0 Å². The lowest BCUT2D eigenvalue weighted by molar-refractivity contribution is -0.488. The van der Waals surface area contributed by atoms with Gasteiger partial charge in [-0.05, 0) is 54.0 Å². The smallest absolute Gasteiger partial charge is 0.204 e. The fourth-order valence-corrected chi connectivity index (χ4v) is 5.05. The van der Waals surface area contributed by atoms with Crippen LogP contribution < -0.4 is 4.74 Å². The molecule has 2 saturated carbocycles. The van der Waals surface area contributed by atoms with Crippen molar-refractivity contribution in [2.24, 2.45) is 11.8 Å². The third-order valence-electron chi connectivity index (χ3n) is 6.75. The summed E-state index contributed by atoms with van der Waals surface area (Å²) in [7, 11) is 0. The number of benzene rings is 2. The first kappa shape index (κ1) is 19.8. The molecule has 158 valence electrons. The van der Waals surface area contributed by atoms with Crippen LogP contribution in [0.3, 0.4) is 0 Å². The molecule has 3 aliphatic rings. The number of fused-ring (bicyclic) bond motifs is 3. The normalized spacial score (nSPS) is 31.0. The minimum absolute atomic E-state index is 0.0906. The fraction of sp³-hybridized carbons (Fsp3) is 0.440. The third-order valence-corrected chi connectivity index (χ3v) is 6.75. The molecular weight excluding hydrogens is 380 g/mol. The van der Waals surface area contributed by atoms with Crippen molar-refractivity contribution in [3.63, 3.8) is 0 Å². The summed E-state index contributed by atoms with van der Waals surface area (Å²) in [6.45, 7) is 4.57. The topological polar surface area (TPSA) is 57.2 Å². The van der Waals surface area contributed by atoms with Crippen molar-refractivity contribution in [3.05, 3.63) is 72.3 Å². The Labute approximate surface area is 177 Å². The number of ether oxygens (including phenoxy) is 2. The van der Waals surface area contributed by atoms with Crippen LogP contribution in [-0.2, 0) is 14.5 Å². The SMILES string of the molecule is C=C(c1ccc(OC(CO)c2ccccc2)cc1)C1COC2(CC3CCC2C3)OO1. The lowest BCUT2D eigenvalue weighted by Gasteiger charge is -2.41. The summed E-state index contributed by atoms with van der Waals surface area (Å²) >= 11 is 0.